The molecule has 0 aromatic rings. The zero-order valence-corrected chi connectivity index (χ0v) is 7.82. The average molecular weight is 178 g/mol. The number of hydrogen-bond donors (Lipinski definition) is 1. The lowest BCUT2D eigenvalue weighted by molar-refractivity contribution is -0.215. The molecule has 1 aliphatic carbocycles. The molecular formula is C9H16F2O. The SMILES string of the molecule is CC(C)(C)CC1(O)CC(F)(F)C1. The van der Waals surface area contributed by atoms with Gasteiger partial charge >= 0.3 is 0 Å². The summed E-state index contributed by atoms with van der Waals surface area (Å²) in [6.07, 6.45) is -0.274. The fourth-order valence-electron chi connectivity index (χ4n) is 2.02. The van der Waals surface area contributed by atoms with Gasteiger partial charge < -0.3 is 5.11 Å². The molecule has 72 valence electrons. The Morgan fingerprint density at radius 3 is 1.92 bits per heavy atom. The second-order valence-electron chi connectivity index (χ2n) is 5.17. The van der Waals surface area contributed by atoms with E-state index in [2.05, 4.69) is 0 Å². The molecule has 12 heavy (non-hydrogen) atoms. The molecule has 1 rings (SSSR count). The summed E-state index contributed by atoms with van der Waals surface area (Å²) in [5, 5.41) is 9.60. The summed E-state index contributed by atoms with van der Waals surface area (Å²) >= 11 is 0. The largest absolute Gasteiger partial charge is 0.389 e. The van der Waals surface area contributed by atoms with Crippen LogP contribution in [0.25, 0.3) is 0 Å². The normalized spacial score (nSPS) is 26.5. The fraction of sp³-hybridized carbons (Fsp3) is 1.00. The third-order valence-electron chi connectivity index (χ3n) is 2.03. The summed E-state index contributed by atoms with van der Waals surface area (Å²) in [5.74, 6) is -2.62. The summed E-state index contributed by atoms with van der Waals surface area (Å²) in [7, 11) is 0. The summed E-state index contributed by atoms with van der Waals surface area (Å²) < 4.78 is 24.9. The highest BCUT2D eigenvalue weighted by Crippen LogP contribution is 2.50. The van der Waals surface area contributed by atoms with Gasteiger partial charge in [-0.05, 0) is 11.8 Å². The topological polar surface area (TPSA) is 20.2 Å². The van der Waals surface area contributed by atoms with E-state index in [1.165, 1.54) is 0 Å². The summed E-state index contributed by atoms with van der Waals surface area (Å²) in [4.78, 5) is 0. The summed E-state index contributed by atoms with van der Waals surface area (Å²) in [6.45, 7) is 5.84. The quantitative estimate of drug-likeness (QED) is 0.654. The highest BCUT2D eigenvalue weighted by atomic mass is 19.3. The van der Waals surface area contributed by atoms with E-state index >= 15 is 0 Å². The predicted octanol–water partition coefficient (Wildman–Crippen LogP) is 2.58. The Bertz CT molecular complexity index is 173. The molecule has 0 unspecified atom stereocenters. The zero-order valence-electron chi connectivity index (χ0n) is 7.82. The lowest BCUT2D eigenvalue weighted by Gasteiger charge is -2.46. The van der Waals surface area contributed by atoms with Crippen LogP contribution in [0.3, 0.4) is 0 Å². The van der Waals surface area contributed by atoms with Crippen molar-refractivity contribution in [2.24, 2.45) is 5.41 Å². The molecule has 3 heteroatoms. The first kappa shape index (κ1) is 9.90. The van der Waals surface area contributed by atoms with Crippen molar-refractivity contribution in [2.45, 2.75) is 51.6 Å². The lowest BCUT2D eigenvalue weighted by atomic mass is 9.68. The molecule has 1 saturated carbocycles. The van der Waals surface area contributed by atoms with Gasteiger partial charge in [0.1, 0.15) is 0 Å². The van der Waals surface area contributed by atoms with Crippen molar-refractivity contribution < 1.29 is 13.9 Å². The van der Waals surface area contributed by atoms with Crippen molar-refractivity contribution >= 4 is 0 Å². The maximum absolute atomic E-state index is 12.4. The molecule has 1 fully saturated rings. The van der Waals surface area contributed by atoms with Crippen LogP contribution in [0.15, 0.2) is 0 Å². The first-order chi connectivity index (χ1) is 5.12. The lowest BCUT2D eigenvalue weighted by Crippen LogP contribution is -2.53. The van der Waals surface area contributed by atoms with Crippen molar-refractivity contribution in [1.29, 1.82) is 0 Å². The van der Waals surface area contributed by atoms with Gasteiger partial charge in [0.05, 0.1) is 5.60 Å². The van der Waals surface area contributed by atoms with Crippen LogP contribution in [0.1, 0.15) is 40.0 Å². The van der Waals surface area contributed by atoms with Crippen LogP contribution in [-0.2, 0) is 0 Å². The number of alkyl halides is 2. The van der Waals surface area contributed by atoms with E-state index < -0.39 is 11.5 Å². The fourth-order valence-corrected chi connectivity index (χ4v) is 2.02. The van der Waals surface area contributed by atoms with Crippen molar-refractivity contribution in [3.63, 3.8) is 0 Å². The Labute approximate surface area is 71.8 Å². The van der Waals surface area contributed by atoms with Gasteiger partial charge in [-0.25, -0.2) is 8.78 Å². The molecule has 0 amide bonds. The molecule has 1 N–H and O–H groups in total. The molecule has 0 radical (unpaired) electrons. The van der Waals surface area contributed by atoms with Crippen molar-refractivity contribution in [2.75, 3.05) is 0 Å². The number of aliphatic hydroxyl groups is 1. The van der Waals surface area contributed by atoms with Gasteiger partial charge in [-0.15, -0.1) is 0 Å². The van der Waals surface area contributed by atoms with Crippen LogP contribution in [0.2, 0.25) is 0 Å². The van der Waals surface area contributed by atoms with E-state index in [0.717, 1.165) is 0 Å². The van der Waals surface area contributed by atoms with Gasteiger partial charge in [-0.1, -0.05) is 20.8 Å². The van der Waals surface area contributed by atoms with E-state index in [-0.39, 0.29) is 18.3 Å². The molecule has 0 bridgehead atoms. The minimum atomic E-state index is -2.62. The molecule has 0 heterocycles. The van der Waals surface area contributed by atoms with Gasteiger partial charge in [-0.3, -0.25) is 0 Å². The Kier molecular flexibility index (Phi) is 1.99. The van der Waals surface area contributed by atoms with Crippen LogP contribution in [0.5, 0.6) is 0 Å². The van der Waals surface area contributed by atoms with E-state index in [1.807, 2.05) is 20.8 Å². The van der Waals surface area contributed by atoms with Gasteiger partial charge in [0.25, 0.3) is 5.92 Å². The third-order valence-corrected chi connectivity index (χ3v) is 2.03. The van der Waals surface area contributed by atoms with Crippen LogP contribution >= 0.6 is 0 Å². The van der Waals surface area contributed by atoms with Crippen LogP contribution in [-0.4, -0.2) is 16.6 Å². The number of halogens is 2. The van der Waals surface area contributed by atoms with E-state index in [9.17, 15) is 13.9 Å². The van der Waals surface area contributed by atoms with E-state index in [4.69, 9.17) is 0 Å². The van der Waals surface area contributed by atoms with Gasteiger partial charge in [0.2, 0.25) is 0 Å². The molecule has 0 atom stereocenters. The van der Waals surface area contributed by atoms with Crippen LogP contribution < -0.4 is 0 Å². The molecule has 1 nitrogen and oxygen atoms in total. The number of hydrogen-bond acceptors (Lipinski definition) is 1. The van der Waals surface area contributed by atoms with Crippen LogP contribution in [0.4, 0.5) is 8.78 Å². The van der Waals surface area contributed by atoms with Crippen molar-refractivity contribution in [3.8, 4) is 0 Å². The first-order valence-electron chi connectivity index (χ1n) is 4.22. The van der Waals surface area contributed by atoms with Crippen molar-refractivity contribution in [1.82, 2.24) is 0 Å². The molecule has 0 aromatic heterocycles. The first-order valence-corrected chi connectivity index (χ1v) is 4.22. The monoisotopic (exact) mass is 178 g/mol. The molecule has 0 spiro atoms. The third kappa shape index (κ3) is 2.41. The van der Waals surface area contributed by atoms with E-state index in [1.54, 1.807) is 0 Å². The maximum atomic E-state index is 12.4. The molecule has 0 aliphatic heterocycles. The zero-order chi connectivity index (χ0) is 9.62. The van der Waals surface area contributed by atoms with E-state index in [0.29, 0.717) is 6.42 Å². The standard InChI is InChI=1S/C9H16F2O/c1-7(2,3)4-8(12)5-9(10,11)6-8/h12H,4-6H2,1-3H3. The smallest absolute Gasteiger partial charge is 0.253 e. The summed E-state index contributed by atoms with van der Waals surface area (Å²) in [6, 6.07) is 0. The Hall–Kier alpha value is -0.180. The van der Waals surface area contributed by atoms with Gasteiger partial charge in [0.15, 0.2) is 0 Å². The Balaban J connectivity index is 2.46. The predicted molar refractivity (Wildman–Crippen MR) is 43.2 cm³/mol. The molecular weight excluding hydrogens is 162 g/mol. The molecule has 0 aromatic carbocycles. The second kappa shape index (κ2) is 2.41. The Morgan fingerprint density at radius 2 is 1.67 bits per heavy atom. The minimum Gasteiger partial charge on any atom is -0.389 e. The highest BCUT2D eigenvalue weighted by Gasteiger charge is 2.56. The average Bonchev–Trinajstić information content (AvgIpc) is 1.48. The minimum absolute atomic E-state index is 0.0781. The number of rotatable bonds is 1. The Morgan fingerprint density at radius 1 is 1.25 bits per heavy atom. The molecule has 1 aliphatic rings. The maximum Gasteiger partial charge on any atom is 0.253 e. The second-order valence-corrected chi connectivity index (χ2v) is 5.17. The van der Waals surface area contributed by atoms with Gasteiger partial charge in [0, 0.05) is 12.8 Å². The summed E-state index contributed by atoms with van der Waals surface area (Å²) in [5.41, 5.74) is -1.19. The van der Waals surface area contributed by atoms with Crippen molar-refractivity contribution in [3.05, 3.63) is 0 Å². The molecule has 0 saturated heterocycles. The highest BCUT2D eigenvalue weighted by molar-refractivity contribution is 5.01. The van der Waals surface area contributed by atoms with Crippen LogP contribution in [0, 0.1) is 5.41 Å². The van der Waals surface area contributed by atoms with Gasteiger partial charge in [-0.2, -0.15) is 0 Å².